The van der Waals surface area contributed by atoms with Crippen LogP contribution in [0.5, 0.6) is 0 Å². The van der Waals surface area contributed by atoms with Gasteiger partial charge in [-0.1, -0.05) is 45.7 Å². The standard InChI is InChI=1S/C12H14Br3F/c1-3-7-9(5-13)8(4-2)12(16)11(15)10(7)6-14/h3-6H2,1-2H3. The molecule has 0 unspecified atom stereocenters. The third-order valence-electron chi connectivity index (χ3n) is 2.79. The Morgan fingerprint density at radius 3 is 1.75 bits per heavy atom. The molecule has 0 saturated carbocycles. The largest absolute Gasteiger partial charge is 0.205 e. The Balaban J connectivity index is 3.61. The highest BCUT2D eigenvalue weighted by Gasteiger charge is 2.19. The Hall–Kier alpha value is 0.590. The van der Waals surface area contributed by atoms with Gasteiger partial charge in [-0.2, -0.15) is 0 Å². The maximum Gasteiger partial charge on any atom is 0.141 e. The predicted octanol–water partition coefficient (Wildman–Crippen LogP) is 5.50. The fourth-order valence-corrected chi connectivity index (χ4v) is 4.28. The molecule has 0 spiro atoms. The molecular weight excluding hydrogens is 403 g/mol. The number of alkyl halides is 2. The Labute approximate surface area is 121 Å². The van der Waals surface area contributed by atoms with Gasteiger partial charge in [-0.25, -0.2) is 4.39 Å². The van der Waals surface area contributed by atoms with Crippen molar-refractivity contribution >= 4 is 47.8 Å². The van der Waals surface area contributed by atoms with Crippen LogP contribution in [0, 0.1) is 5.82 Å². The number of rotatable bonds is 4. The van der Waals surface area contributed by atoms with Crippen molar-refractivity contribution < 1.29 is 4.39 Å². The minimum atomic E-state index is -0.108. The first-order valence-corrected chi connectivity index (χ1v) is 8.28. The van der Waals surface area contributed by atoms with Crippen LogP contribution >= 0.6 is 47.8 Å². The molecule has 0 N–H and O–H groups in total. The third-order valence-corrected chi connectivity index (χ3v) is 4.74. The number of halogens is 4. The first-order chi connectivity index (χ1) is 7.62. The lowest BCUT2D eigenvalue weighted by Gasteiger charge is -2.18. The molecule has 0 heterocycles. The summed E-state index contributed by atoms with van der Waals surface area (Å²) in [5, 5.41) is 1.39. The van der Waals surface area contributed by atoms with Crippen LogP contribution in [0.1, 0.15) is 36.1 Å². The van der Waals surface area contributed by atoms with Crippen LogP contribution in [0.15, 0.2) is 4.47 Å². The molecule has 4 heteroatoms. The molecule has 0 radical (unpaired) electrons. The van der Waals surface area contributed by atoms with E-state index in [1.54, 1.807) is 0 Å². The first kappa shape index (κ1) is 14.7. The molecule has 0 atom stereocenters. The molecule has 0 aliphatic heterocycles. The summed E-state index contributed by atoms with van der Waals surface area (Å²) >= 11 is 10.3. The summed E-state index contributed by atoms with van der Waals surface area (Å²) in [6.45, 7) is 4.10. The normalized spacial score (nSPS) is 10.9. The van der Waals surface area contributed by atoms with Crippen LogP contribution in [0.2, 0.25) is 0 Å². The van der Waals surface area contributed by atoms with E-state index in [4.69, 9.17) is 0 Å². The summed E-state index contributed by atoms with van der Waals surface area (Å²) in [5.41, 5.74) is 4.22. The molecule has 0 aliphatic carbocycles. The van der Waals surface area contributed by atoms with Gasteiger partial charge < -0.3 is 0 Å². The van der Waals surface area contributed by atoms with E-state index in [1.165, 1.54) is 5.56 Å². The second kappa shape index (κ2) is 6.50. The second-order valence-electron chi connectivity index (χ2n) is 3.52. The molecule has 1 aromatic carbocycles. The fraction of sp³-hybridized carbons (Fsp3) is 0.500. The van der Waals surface area contributed by atoms with Gasteiger partial charge in [-0.3, -0.25) is 0 Å². The summed E-state index contributed by atoms with van der Waals surface area (Å²) in [7, 11) is 0. The van der Waals surface area contributed by atoms with E-state index >= 15 is 0 Å². The second-order valence-corrected chi connectivity index (χ2v) is 5.43. The average molecular weight is 417 g/mol. The van der Waals surface area contributed by atoms with Crippen LogP contribution in [0.25, 0.3) is 0 Å². The van der Waals surface area contributed by atoms with Gasteiger partial charge in [0.1, 0.15) is 5.82 Å². The van der Waals surface area contributed by atoms with Crippen LogP contribution in [-0.2, 0) is 23.5 Å². The summed E-state index contributed by atoms with van der Waals surface area (Å²) in [5.74, 6) is -0.108. The molecule has 0 fully saturated rings. The Morgan fingerprint density at radius 2 is 1.38 bits per heavy atom. The molecular formula is C12H14Br3F. The van der Waals surface area contributed by atoms with E-state index in [-0.39, 0.29) is 5.82 Å². The Kier molecular flexibility index (Phi) is 5.95. The van der Waals surface area contributed by atoms with Gasteiger partial charge >= 0.3 is 0 Å². The molecule has 1 rings (SSSR count). The van der Waals surface area contributed by atoms with Crippen molar-refractivity contribution in [3.8, 4) is 0 Å². The van der Waals surface area contributed by atoms with Crippen molar-refractivity contribution in [2.24, 2.45) is 0 Å². The van der Waals surface area contributed by atoms with E-state index in [1.807, 2.05) is 6.92 Å². The smallest absolute Gasteiger partial charge is 0.141 e. The van der Waals surface area contributed by atoms with Gasteiger partial charge in [-0.15, -0.1) is 0 Å². The van der Waals surface area contributed by atoms with Gasteiger partial charge in [0.15, 0.2) is 0 Å². The van der Waals surface area contributed by atoms with E-state index in [2.05, 4.69) is 54.7 Å². The summed E-state index contributed by atoms with van der Waals surface area (Å²) in [4.78, 5) is 0. The molecule has 0 aliphatic rings. The van der Waals surface area contributed by atoms with Gasteiger partial charge in [0.2, 0.25) is 0 Å². The van der Waals surface area contributed by atoms with Gasteiger partial charge in [-0.05, 0) is 51.0 Å². The minimum Gasteiger partial charge on any atom is -0.205 e. The molecule has 0 aromatic heterocycles. The monoisotopic (exact) mass is 414 g/mol. The van der Waals surface area contributed by atoms with Crippen molar-refractivity contribution in [3.05, 3.63) is 32.5 Å². The Bertz CT molecular complexity index is 352. The highest BCUT2D eigenvalue weighted by Crippen LogP contribution is 2.34. The topological polar surface area (TPSA) is 0 Å². The zero-order valence-corrected chi connectivity index (χ0v) is 14.1. The lowest BCUT2D eigenvalue weighted by atomic mass is 9.94. The van der Waals surface area contributed by atoms with Crippen LogP contribution in [-0.4, -0.2) is 0 Å². The Morgan fingerprint density at radius 1 is 0.875 bits per heavy atom. The van der Waals surface area contributed by atoms with E-state index in [9.17, 15) is 4.39 Å². The van der Waals surface area contributed by atoms with E-state index in [0.717, 1.165) is 29.5 Å². The zero-order chi connectivity index (χ0) is 12.3. The van der Waals surface area contributed by atoms with Crippen LogP contribution < -0.4 is 0 Å². The van der Waals surface area contributed by atoms with Gasteiger partial charge in [0.25, 0.3) is 0 Å². The summed E-state index contributed by atoms with van der Waals surface area (Å²) in [6.07, 6.45) is 1.65. The van der Waals surface area contributed by atoms with Crippen molar-refractivity contribution in [1.82, 2.24) is 0 Å². The van der Waals surface area contributed by atoms with Crippen LogP contribution in [0.4, 0.5) is 4.39 Å². The lowest BCUT2D eigenvalue weighted by Crippen LogP contribution is -2.06. The molecule has 1 aromatic rings. The minimum absolute atomic E-state index is 0.108. The van der Waals surface area contributed by atoms with Crippen LogP contribution in [0.3, 0.4) is 0 Å². The maximum atomic E-state index is 14.1. The molecule has 0 amide bonds. The SMILES string of the molecule is CCc1c(F)c(Br)c(CBr)c(CC)c1CBr. The molecule has 0 saturated heterocycles. The lowest BCUT2D eigenvalue weighted by molar-refractivity contribution is 0.600. The number of benzene rings is 1. The predicted molar refractivity (Wildman–Crippen MR) is 78.1 cm³/mol. The highest BCUT2D eigenvalue weighted by molar-refractivity contribution is 9.10. The average Bonchev–Trinajstić information content (AvgIpc) is 2.31. The van der Waals surface area contributed by atoms with Crippen molar-refractivity contribution in [1.29, 1.82) is 0 Å². The van der Waals surface area contributed by atoms with E-state index in [0.29, 0.717) is 15.1 Å². The van der Waals surface area contributed by atoms with Crippen molar-refractivity contribution in [2.45, 2.75) is 37.3 Å². The number of hydrogen-bond donors (Lipinski definition) is 0. The quantitative estimate of drug-likeness (QED) is 0.568. The molecule has 0 bridgehead atoms. The van der Waals surface area contributed by atoms with E-state index < -0.39 is 0 Å². The van der Waals surface area contributed by atoms with Crippen molar-refractivity contribution in [3.63, 3.8) is 0 Å². The molecule has 16 heavy (non-hydrogen) atoms. The van der Waals surface area contributed by atoms with Gasteiger partial charge in [0, 0.05) is 10.7 Å². The molecule has 0 nitrogen and oxygen atoms in total. The third kappa shape index (κ3) is 2.54. The zero-order valence-electron chi connectivity index (χ0n) is 9.34. The first-order valence-electron chi connectivity index (χ1n) is 5.24. The molecule has 90 valence electrons. The highest BCUT2D eigenvalue weighted by atomic mass is 79.9. The summed E-state index contributed by atoms with van der Waals surface area (Å²) < 4.78 is 14.7. The number of hydrogen-bond acceptors (Lipinski definition) is 0. The fourth-order valence-electron chi connectivity index (χ4n) is 1.99. The summed E-state index contributed by atoms with van der Waals surface area (Å²) in [6, 6.07) is 0. The maximum absolute atomic E-state index is 14.1. The van der Waals surface area contributed by atoms with Crippen molar-refractivity contribution in [2.75, 3.05) is 0 Å². The van der Waals surface area contributed by atoms with Gasteiger partial charge in [0.05, 0.1) is 4.47 Å².